The van der Waals surface area contributed by atoms with Crippen molar-refractivity contribution in [3.63, 3.8) is 0 Å². The number of esters is 1. The van der Waals surface area contributed by atoms with Gasteiger partial charge in [0.05, 0.1) is 12.2 Å². The molecule has 0 saturated carbocycles. The van der Waals surface area contributed by atoms with Crippen LogP contribution in [0.25, 0.3) is 11.1 Å². The molecule has 2 aromatic carbocycles. The van der Waals surface area contributed by atoms with E-state index < -0.39 is 47.7 Å². The van der Waals surface area contributed by atoms with Crippen molar-refractivity contribution < 1.29 is 31.5 Å². The number of benzene rings is 2. The lowest BCUT2D eigenvalue weighted by molar-refractivity contribution is -0.143. The maximum Gasteiger partial charge on any atom is 0.419 e. The lowest BCUT2D eigenvalue weighted by Crippen LogP contribution is -2.14. The smallest absolute Gasteiger partial charge is 0.419 e. The van der Waals surface area contributed by atoms with Gasteiger partial charge in [-0.1, -0.05) is 18.2 Å². The third-order valence-corrected chi connectivity index (χ3v) is 4.23. The van der Waals surface area contributed by atoms with E-state index in [0.717, 1.165) is 0 Å². The van der Waals surface area contributed by atoms with Crippen molar-refractivity contribution in [1.29, 1.82) is 0 Å². The Morgan fingerprint density at radius 3 is 2.19 bits per heavy atom. The molecule has 0 bridgehead atoms. The fraction of sp³-hybridized carbons (Fsp3) is 0.350. The molecule has 2 aromatic rings. The fourth-order valence-corrected chi connectivity index (χ4v) is 3.00. The van der Waals surface area contributed by atoms with Gasteiger partial charge in [-0.3, -0.25) is 4.79 Å². The van der Waals surface area contributed by atoms with Gasteiger partial charge in [0.25, 0.3) is 0 Å². The topological polar surface area (TPSA) is 26.3 Å². The summed E-state index contributed by atoms with van der Waals surface area (Å²) in [6, 6.07) is 5.46. The number of halogens is 5. The van der Waals surface area contributed by atoms with Gasteiger partial charge in [-0.25, -0.2) is 8.78 Å². The molecule has 0 amide bonds. The predicted molar refractivity (Wildman–Crippen MR) is 91.2 cm³/mol. The minimum atomic E-state index is -5.00. The van der Waals surface area contributed by atoms with Gasteiger partial charge in [-0.15, -0.1) is 0 Å². The van der Waals surface area contributed by atoms with Crippen molar-refractivity contribution in [1.82, 2.24) is 0 Å². The summed E-state index contributed by atoms with van der Waals surface area (Å²) in [7, 11) is 0. The molecule has 146 valence electrons. The molecule has 0 aromatic heterocycles. The second-order valence-electron chi connectivity index (χ2n) is 6.15. The lowest BCUT2D eigenvalue weighted by Gasteiger charge is -2.18. The van der Waals surface area contributed by atoms with Gasteiger partial charge in [0.1, 0.15) is 11.6 Å². The molecule has 27 heavy (non-hydrogen) atoms. The second-order valence-corrected chi connectivity index (χ2v) is 6.15. The number of carbonyl (C=O) groups is 1. The molecular formula is C20H19F5O2. The van der Waals surface area contributed by atoms with Crippen LogP contribution in [0.2, 0.25) is 0 Å². The average molecular weight is 386 g/mol. The van der Waals surface area contributed by atoms with Gasteiger partial charge in [0, 0.05) is 17.5 Å². The van der Waals surface area contributed by atoms with Gasteiger partial charge in [0.2, 0.25) is 0 Å². The SMILES string of the molecule is CCOC(=O)CCc1c(F)c(-c2c(C)cccc2C)cc(C(F)(F)F)c1F. The van der Waals surface area contributed by atoms with Crippen molar-refractivity contribution in [3.05, 3.63) is 58.2 Å². The van der Waals surface area contributed by atoms with Crippen LogP contribution in [-0.2, 0) is 22.1 Å². The molecule has 0 saturated heterocycles. The number of hydrogen-bond donors (Lipinski definition) is 0. The first-order chi connectivity index (χ1) is 12.6. The van der Waals surface area contributed by atoms with Crippen LogP contribution in [0, 0.1) is 25.5 Å². The number of carbonyl (C=O) groups excluding carboxylic acids is 1. The molecule has 0 atom stereocenters. The van der Waals surface area contributed by atoms with Gasteiger partial charge in [-0.05, 0) is 49.9 Å². The standard InChI is InChI=1S/C20H19F5O2/c1-4-27-16(26)9-8-13-18(21)14(10-15(19(13)22)20(23,24)25)17-11(2)6-5-7-12(17)3/h5-7,10H,4,8-9H2,1-3H3. The Hall–Kier alpha value is -2.44. The zero-order chi connectivity index (χ0) is 20.4. The van der Waals surface area contributed by atoms with Crippen LogP contribution in [0.15, 0.2) is 24.3 Å². The first kappa shape index (κ1) is 20.9. The third-order valence-electron chi connectivity index (χ3n) is 4.23. The molecule has 0 aliphatic rings. The minimum absolute atomic E-state index is 0.0695. The molecule has 7 heteroatoms. The summed E-state index contributed by atoms with van der Waals surface area (Å²) >= 11 is 0. The van der Waals surface area contributed by atoms with Crippen LogP contribution in [0.5, 0.6) is 0 Å². The first-order valence-electron chi connectivity index (χ1n) is 8.38. The summed E-state index contributed by atoms with van der Waals surface area (Å²) in [4.78, 5) is 11.5. The van der Waals surface area contributed by atoms with Crippen LogP contribution in [0.3, 0.4) is 0 Å². The number of ether oxygens (including phenoxy) is 1. The van der Waals surface area contributed by atoms with E-state index in [1.807, 2.05) is 0 Å². The highest BCUT2D eigenvalue weighted by molar-refractivity contribution is 5.74. The lowest BCUT2D eigenvalue weighted by atomic mass is 9.91. The van der Waals surface area contributed by atoms with E-state index in [-0.39, 0.29) is 17.7 Å². The number of aryl methyl sites for hydroxylation is 2. The molecule has 0 fully saturated rings. The van der Waals surface area contributed by atoms with E-state index in [2.05, 4.69) is 4.74 Å². The van der Waals surface area contributed by atoms with Gasteiger partial charge >= 0.3 is 12.1 Å². The summed E-state index contributed by atoms with van der Waals surface area (Å²) < 4.78 is 74.1. The Morgan fingerprint density at radius 2 is 1.67 bits per heavy atom. The van der Waals surface area contributed by atoms with Gasteiger partial charge < -0.3 is 4.74 Å². The van der Waals surface area contributed by atoms with E-state index in [9.17, 15) is 22.4 Å². The van der Waals surface area contributed by atoms with Crippen molar-refractivity contribution >= 4 is 5.97 Å². The molecule has 0 unspecified atom stereocenters. The van der Waals surface area contributed by atoms with Gasteiger partial charge in [-0.2, -0.15) is 13.2 Å². The Labute approximate surface area is 154 Å². The molecule has 0 aliphatic carbocycles. The Balaban J connectivity index is 2.68. The van der Waals surface area contributed by atoms with Crippen LogP contribution in [-0.4, -0.2) is 12.6 Å². The molecule has 0 radical (unpaired) electrons. The average Bonchev–Trinajstić information content (AvgIpc) is 2.55. The highest BCUT2D eigenvalue weighted by atomic mass is 19.4. The summed E-state index contributed by atoms with van der Waals surface area (Å²) in [5.74, 6) is -3.52. The minimum Gasteiger partial charge on any atom is -0.466 e. The van der Waals surface area contributed by atoms with Crippen molar-refractivity contribution in [2.45, 2.75) is 39.8 Å². The maximum absolute atomic E-state index is 15.0. The Morgan fingerprint density at radius 1 is 1.07 bits per heavy atom. The summed E-state index contributed by atoms with van der Waals surface area (Å²) in [5.41, 5.74) is -1.26. The quantitative estimate of drug-likeness (QED) is 0.482. The van der Waals surface area contributed by atoms with Crippen LogP contribution >= 0.6 is 0 Å². The first-order valence-corrected chi connectivity index (χ1v) is 8.38. The maximum atomic E-state index is 15.0. The largest absolute Gasteiger partial charge is 0.466 e. The molecule has 0 aliphatic heterocycles. The van der Waals surface area contributed by atoms with E-state index in [4.69, 9.17) is 0 Å². The predicted octanol–water partition coefficient (Wildman–Crippen LogP) is 5.76. The number of rotatable bonds is 5. The molecule has 2 rings (SSSR count). The summed E-state index contributed by atoms with van der Waals surface area (Å²) in [5, 5.41) is 0. The zero-order valence-corrected chi connectivity index (χ0v) is 15.1. The van der Waals surface area contributed by atoms with Gasteiger partial charge in [0.15, 0.2) is 0 Å². The van der Waals surface area contributed by atoms with E-state index in [1.54, 1.807) is 39.0 Å². The summed E-state index contributed by atoms with van der Waals surface area (Å²) in [6.07, 6.45) is -5.95. The summed E-state index contributed by atoms with van der Waals surface area (Å²) in [6.45, 7) is 4.90. The molecule has 0 spiro atoms. The molecule has 0 N–H and O–H groups in total. The number of alkyl halides is 3. The normalized spacial score (nSPS) is 11.6. The van der Waals surface area contributed by atoms with Crippen LogP contribution in [0.1, 0.15) is 35.6 Å². The van der Waals surface area contributed by atoms with Crippen LogP contribution < -0.4 is 0 Å². The third kappa shape index (κ3) is 4.46. The van der Waals surface area contributed by atoms with E-state index in [1.165, 1.54) is 0 Å². The zero-order valence-electron chi connectivity index (χ0n) is 15.1. The van der Waals surface area contributed by atoms with Crippen molar-refractivity contribution in [2.24, 2.45) is 0 Å². The highest BCUT2D eigenvalue weighted by Gasteiger charge is 2.37. The Bertz CT molecular complexity index is 836. The number of hydrogen-bond acceptors (Lipinski definition) is 2. The Kier molecular flexibility index (Phi) is 6.23. The highest BCUT2D eigenvalue weighted by Crippen LogP contribution is 2.39. The molecule has 0 heterocycles. The van der Waals surface area contributed by atoms with Crippen molar-refractivity contribution in [2.75, 3.05) is 6.61 Å². The van der Waals surface area contributed by atoms with Crippen LogP contribution in [0.4, 0.5) is 22.0 Å². The molecule has 2 nitrogen and oxygen atoms in total. The van der Waals surface area contributed by atoms with E-state index in [0.29, 0.717) is 17.2 Å². The van der Waals surface area contributed by atoms with Crippen molar-refractivity contribution in [3.8, 4) is 11.1 Å². The fourth-order valence-electron chi connectivity index (χ4n) is 3.00. The molecular weight excluding hydrogens is 367 g/mol. The monoisotopic (exact) mass is 386 g/mol. The van der Waals surface area contributed by atoms with E-state index >= 15 is 4.39 Å². The second kappa shape index (κ2) is 8.06.